The quantitative estimate of drug-likeness (QED) is 0.687. The number of amides is 1. The number of hydrogen-bond donors (Lipinski definition) is 0. The Morgan fingerprint density at radius 1 is 1.21 bits per heavy atom. The van der Waals surface area contributed by atoms with Crippen molar-refractivity contribution in [2.45, 2.75) is 26.2 Å². The number of nitriles is 1. The van der Waals surface area contributed by atoms with Crippen LogP contribution in [0.15, 0.2) is 36.7 Å². The van der Waals surface area contributed by atoms with Gasteiger partial charge in [0.25, 0.3) is 0 Å². The average molecular weight is 379 g/mol. The molecule has 1 aliphatic heterocycles. The summed E-state index contributed by atoms with van der Waals surface area (Å²) in [7, 11) is 0. The summed E-state index contributed by atoms with van der Waals surface area (Å²) in [5.41, 5.74) is 1.45. The molecule has 0 aromatic carbocycles. The Morgan fingerprint density at radius 3 is 2.71 bits per heavy atom. The molecule has 2 aromatic rings. The summed E-state index contributed by atoms with van der Waals surface area (Å²) in [6.45, 7) is 5.34. The highest BCUT2D eigenvalue weighted by atomic mass is 16.5. The van der Waals surface area contributed by atoms with Gasteiger partial charge in [0.1, 0.15) is 11.9 Å². The number of unbranched alkanes of at least 4 members (excludes halogenated alkanes) is 1. The first-order valence-corrected chi connectivity index (χ1v) is 9.67. The Balaban J connectivity index is 1.51. The predicted octanol–water partition coefficient (Wildman–Crippen LogP) is 2.42. The molecule has 1 fully saturated rings. The van der Waals surface area contributed by atoms with E-state index in [2.05, 4.69) is 27.9 Å². The van der Waals surface area contributed by atoms with Crippen LogP contribution in [0, 0.1) is 11.3 Å². The van der Waals surface area contributed by atoms with Crippen LogP contribution in [0.2, 0.25) is 0 Å². The molecule has 0 aliphatic carbocycles. The van der Waals surface area contributed by atoms with Crippen LogP contribution in [0.5, 0.6) is 5.88 Å². The molecule has 0 saturated carbocycles. The molecular formula is C21H25N5O2. The van der Waals surface area contributed by atoms with Crippen molar-refractivity contribution >= 4 is 11.7 Å². The van der Waals surface area contributed by atoms with E-state index in [1.165, 1.54) is 0 Å². The zero-order valence-corrected chi connectivity index (χ0v) is 16.2. The molecule has 0 spiro atoms. The molecule has 0 N–H and O–H groups in total. The van der Waals surface area contributed by atoms with Crippen molar-refractivity contribution in [1.82, 2.24) is 14.9 Å². The number of pyridine rings is 2. The minimum absolute atomic E-state index is 0.0858. The van der Waals surface area contributed by atoms with E-state index in [0.29, 0.717) is 56.5 Å². The number of ether oxygens (including phenoxy) is 1. The summed E-state index contributed by atoms with van der Waals surface area (Å²) < 4.78 is 5.55. The minimum Gasteiger partial charge on any atom is -0.478 e. The lowest BCUT2D eigenvalue weighted by molar-refractivity contribution is -0.130. The van der Waals surface area contributed by atoms with Crippen LogP contribution in [0.4, 0.5) is 5.82 Å². The predicted molar refractivity (Wildman–Crippen MR) is 106 cm³/mol. The van der Waals surface area contributed by atoms with E-state index >= 15 is 0 Å². The van der Waals surface area contributed by atoms with Crippen molar-refractivity contribution < 1.29 is 9.53 Å². The zero-order chi connectivity index (χ0) is 19.8. The van der Waals surface area contributed by atoms with Crippen LogP contribution in [0.25, 0.3) is 0 Å². The number of piperazine rings is 1. The normalized spacial score (nSPS) is 13.9. The molecule has 3 rings (SSSR count). The Labute approximate surface area is 165 Å². The Kier molecular flexibility index (Phi) is 6.79. The number of aromatic nitrogens is 2. The van der Waals surface area contributed by atoms with Crippen molar-refractivity contribution in [3.8, 4) is 11.9 Å². The first kappa shape index (κ1) is 19.6. The lowest BCUT2D eigenvalue weighted by atomic mass is 10.1. The van der Waals surface area contributed by atoms with Crippen molar-refractivity contribution in [1.29, 1.82) is 5.26 Å². The van der Waals surface area contributed by atoms with E-state index in [1.54, 1.807) is 24.5 Å². The second-order valence-electron chi connectivity index (χ2n) is 6.74. The van der Waals surface area contributed by atoms with Gasteiger partial charge in [-0.25, -0.2) is 9.97 Å². The van der Waals surface area contributed by atoms with E-state index in [1.807, 2.05) is 17.0 Å². The SMILES string of the molecule is CCCCOc1ccc(CC(=O)N2CCN(c3ncccc3C#N)CC2)cn1. The fourth-order valence-electron chi connectivity index (χ4n) is 3.11. The van der Waals surface area contributed by atoms with Gasteiger partial charge in [-0.2, -0.15) is 5.26 Å². The molecule has 7 heteroatoms. The third kappa shape index (κ3) is 4.97. The van der Waals surface area contributed by atoms with Crippen LogP contribution in [0.1, 0.15) is 30.9 Å². The van der Waals surface area contributed by atoms with Gasteiger partial charge in [-0.3, -0.25) is 4.79 Å². The van der Waals surface area contributed by atoms with E-state index in [0.717, 1.165) is 18.4 Å². The molecule has 1 amide bonds. The van der Waals surface area contributed by atoms with Crippen LogP contribution >= 0.6 is 0 Å². The summed E-state index contributed by atoms with van der Waals surface area (Å²) in [5.74, 6) is 1.38. The molecule has 146 valence electrons. The van der Waals surface area contributed by atoms with Crippen LogP contribution in [-0.2, 0) is 11.2 Å². The van der Waals surface area contributed by atoms with E-state index in [-0.39, 0.29) is 5.91 Å². The maximum Gasteiger partial charge on any atom is 0.227 e. The number of nitrogens with zero attached hydrogens (tertiary/aromatic N) is 5. The highest BCUT2D eigenvalue weighted by molar-refractivity contribution is 5.79. The zero-order valence-electron chi connectivity index (χ0n) is 16.2. The molecule has 0 radical (unpaired) electrons. The highest BCUT2D eigenvalue weighted by Gasteiger charge is 2.23. The lowest BCUT2D eigenvalue weighted by Crippen LogP contribution is -2.49. The summed E-state index contributed by atoms with van der Waals surface area (Å²) in [6.07, 6.45) is 5.81. The van der Waals surface area contributed by atoms with Gasteiger partial charge in [0.15, 0.2) is 0 Å². The Hall–Kier alpha value is -3.14. The Morgan fingerprint density at radius 2 is 2.04 bits per heavy atom. The fraction of sp³-hybridized carbons (Fsp3) is 0.429. The monoisotopic (exact) mass is 379 g/mol. The Bertz CT molecular complexity index is 823. The van der Waals surface area contributed by atoms with Crippen molar-refractivity contribution in [3.05, 3.63) is 47.8 Å². The summed E-state index contributed by atoms with van der Waals surface area (Å²) >= 11 is 0. The molecule has 0 bridgehead atoms. The highest BCUT2D eigenvalue weighted by Crippen LogP contribution is 2.18. The lowest BCUT2D eigenvalue weighted by Gasteiger charge is -2.35. The number of hydrogen-bond acceptors (Lipinski definition) is 6. The maximum atomic E-state index is 12.6. The first-order valence-electron chi connectivity index (χ1n) is 9.67. The number of carbonyl (C=O) groups excluding carboxylic acids is 1. The van der Waals surface area contributed by atoms with E-state index < -0.39 is 0 Å². The standard InChI is InChI=1S/C21H25N5O2/c1-2-3-13-28-19-7-6-17(16-24-19)14-20(27)25-9-11-26(12-10-25)21-18(15-22)5-4-8-23-21/h4-8,16H,2-3,9-14H2,1H3. The number of rotatable bonds is 7. The second kappa shape index (κ2) is 9.70. The minimum atomic E-state index is 0.0858. The van der Waals surface area contributed by atoms with E-state index in [9.17, 15) is 10.1 Å². The molecule has 0 atom stereocenters. The summed E-state index contributed by atoms with van der Waals surface area (Å²) in [6, 6.07) is 9.42. The van der Waals surface area contributed by atoms with Gasteiger partial charge in [-0.05, 0) is 24.1 Å². The largest absolute Gasteiger partial charge is 0.478 e. The van der Waals surface area contributed by atoms with Gasteiger partial charge in [-0.1, -0.05) is 19.4 Å². The number of carbonyl (C=O) groups is 1. The van der Waals surface area contributed by atoms with Gasteiger partial charge in [0.05, 0.1) is 18.6 Å². The molecule has 28 heavy (non-hydrogen) atoms. The smallest absolute Gasteiger partial charge is 0.227 e. The maximum absolute atomic E-state index is 12.6. The molecule has 2 aromatic heterocycles. The van der Waals surface area contributed by atoms with Crippen molar-refractivity contribution in [3.63, 3.8) is 0 Å². The summed E-state index contributed by atoms with van der Waals surface area (Å²) in [5, 5.41) is 9.24. The van der Waals surface area contributed by atoms with Gasteiger partial charge in [-0.15, -0.1) is 0 Å². The first-order chi connectivity index (χ1) is 13.7. The van der Waals surface area contributed by atoms with E-state index in [4.69, 9.17) is 4.74 Å². The van der Waals surface area contributed by atoms with Crippen molar-refractivity contribution in [2.75, 3.05) is 37.7 Å². The topological polar surface area (TPSA) is 82.4 Å². The van der Waals surface area contributed by atoms with Gasteiger partial charge in [0, 0.05) is 44.6 Å². The molecule has 7 nitrogen and oxygen atoms in total. The van der Waals surface area contributed by atoms with Crippen LogP contribution < -0.4 is 9.64 Å². The fourth-order valence-corrected chi connectivity index (χ4v) is 3.11. The summed E-state index contributed by atoms with van der Waals surface area (Å²) in [4.78, 5) is 25.1. The average Bonchev–Trinajstić information content (AvgIpc) is 2.75. The van der Waals surface area contributed by atoms with Crippen molar-refractivity contribution in [2.24, 2.45) is 0 Å². The molecule has 3 heterocycles. The van der Waals surface area contributed by atoms with Gasteiger partial charge >= 0.3 is 0 Å². The second-order valence-corrected chi connectivity index (χ2v) is 6.74. The molecule has 1 saturated heterocycles. The van der Waals surface area contributed by atoms with Gasteiger partial charge < -0.3 is 14.5 Å². The molecule has 1 aliphatic rings. The third-order valence-electron chi connectivity index (χ3n) is 4.74. The van der Waals surface area contributed by atoms with Crippen LogP contribution in [-0.4, -0.2) is 53.6 Å². The number of anilines is 1. The molecular weight excluding hydrogens is 354 g/mol. The third-order valence-corrected chi connectivity index (χ3v) is 4.74. The molecule has 0 unspecified atom stereocenters. The van der Waals surface area contributed by atoms with Crippen LogP contribution in [0.3, 0.4) is 0 Å². The van der Waals surface area contributed by atoms with Gasteiger partial charge in [0.2, 0.25) is 11.8 Å².